The molecule has 26 heavy (non-hydrogen) atoms. The Morgan fingerprint density at radius 2 is 2.15 bits per heavy atom. The van der Waals surface area contributed by atoms with E-state index in [-0.39, 0.29) is 5.56 Å². The molecule has 0 radical (unpaired) electrons. The monoisotopic (exact) mass is 373 g/mol. The third-order valence-electron chi connectivity index (χ3n) is 5.24. The predicted molar refractivity (Wildman–Crippen MR) is 103 cm³/mol. The number of nitrogens with zero attached hydrogens (tertiary/aromatic N) is 1. The number of fused-ring (bicyclic) bond motifs is 1. The van der Waals surface area contributed by atoms with E-state index in [1.54, 1.807) is 0 Å². The van der Waals surface area contributed by atoms with Crippen LogP contribution in [-0.4, -0.2) is 35.5 Å². The van der Waals surface area contributed by atoms with Crippen LogP contribution in [0.4, 0.5) is 5.82 Å². The van der Waals surface area contributed by atoms with Crippen molar-refractivity contribution in [2.45, 2.75) is 38.5 Å². The molecule has 3 N–H and O–H groups in total. The second kappa shape index (κ2) is 7.73. The average molecular weight is 374 g/mol. The molecule has 2 aromatic rings. The maximum absolute atomic E-state index is 12.5. The Morgan fingerprint density at radius 1 is 1.31 bits per heavy atom. The molecule has 0 saturated carbocycles. The molecule has 2 aliphatic rings. The number of aryl methyl sites for hydroxylation is 1. The molecule has 1 aromatic heterocycles. The maximum Gasteiger partial charge on any atom is 0.262 e. The molecule has 2 aliphatic heterocycles. The molecule has 2 atom stereocenters. The molecular formula is C19H25N4O2S+. The van der Waals surface area contributed by atoms with Crippen LogP contribution in [0.2, 0.25) is 0 Å². The van der Waals surface area contributed by atoms with Gasteiger partial charge in [-0.1, -0.05) is 30.3 Å². The lowest BCUT2D eigenvalue weighted by atomic mass is 10.1. The summed E-state index contributed by atoms with van der Waals surface area (Å²) in [5.41, 5.74) is 1.99. The van der Waals surface area contributed by atoms with E-state index in [1.165, 1.54) is 10.5 Å². The Balaban J connectivity index is 1.53. The minimum atomic E-state index is -0.0713. The maximum atomic E-state index is 12.5. The normalized spacial score (nSPS) is 22.0. The summed E-state index contributed by atoms with van der Waals surface area (Å²) in [6.45, 7) is 4.04. The molecule has 6 nitrogen and oxygen atoms in total. The Morgan fingerprint density at radius 3 is 2.92 bits per heavy atom. The summed E-state index contributed by atoms with van der Waals surface area (Å²) in [6, 6.07) is 10.3. The average Bonchev–Trinajstić information content (AvgIpc) is 3.16. The second-order valence-electron chi connectivity index (χ2n) is 7.09. The number of rotatable bonds is 5. The van der Waals surface area contributed by atoms with Crippen LogP contribution in [-0.2, 0) is 24.2 Å². The molecule has 0 aliphatic carbocycles. The van der Waals surface area contributed by atoms with E-state index in [4.69, 9.17) is 17.0 Å². The van der Waals surface area contributed by atoms with E-state index in [0.29, 0.717) is 17.4 Å². The van der Waals surface area contributed by atoms with Gasteiger partial charge in [0, 0.05) is 13.2 Å². The Hall–Kier alpha value is -1.96. The third-order valence-corrected chi connectivity index (χ3v) is 5.56. The number of benzene rings is 1. The van der Waals surface area contributed by atoms with Crippen LogP contribution in [0.3, 0.4) is 0 Å². The molecule has 1 fully saturated rings. The Bertz CT molecular complexity index is 871. The van der Waals surface area contributed by atoms with Gasteiger partial charge in [0.15, 0.2) is 11.4 Å². The van der Waals surface area contributed by atoms with Gasteiger partial charge in [-0.15, -0.1) is 0 Å². The van der Waals surface area contributed by atoms with Gasteiger partial charge in [0.2, 0.25) is 0 Å². The summed E-state index contributed by atoms with van der Waals surface area (Å²) in [7, 11) is 0. The van der Waals surface area contributed by atoms with Crippen LogP contribution >= 0.6 is 12.2 Å². The molecule has 1 aromatic carbocycles. The van der Waals surface area contributed by atoms with Gasteiger partial charge in [-0.3, -0.25) is 9.78 Å². The minimum Gasteiger partial charge on any atom is -0.372 e. The standard InChI is InChI=1S/C19H24N4O2S/c24-18-16-12-22(11-15-7-4-10-25-15)13-20-17(16)23(19(26)21-18)9-8-14-5-2-1-3-6-14/h1-3,5-6,15,20H,4,7-13H2,(H,21,24,26)/p+1/t15-/m0/s1. The van der Waals surface area contributed by atoms with Gasteiger partial charge in [-0.2, -0.15) is 0 Å². The topological polar surface area (TPSA) is 63.5 Å². The summed E-state index contributed by atoms with van der Waals surface area (Å²) < 4.78 is 8.26. The van der Waals surface area contributed by atoms with E-state index < -0.39 is 0 Å². The number of aromatic nitrogens is 2. The Labute approximate surface area is 157 Å². The van der Waals surface area contributed by atoms with Gasteiger partial charge in [0.25, 0.3) is 5.56 Å². The number of hydrogen-bond donors (Lipinski definition) is 3. The highest BCUT2D eigenvalue weighted by Gasteiger charge is 2.28. The summed E-state index contributed by atoms with van der Waals surface area (Å²) in [6.07, 6.45) is 3.45. The van der Waals surface area contributed by atoms with Crippen molar-refractivity contribution in [2.24, 2.45) is 0 Å². The highest BCUT2D eigenvalue weighted by molar-refractivity contribution is 7.71. The zero-order chi connectivity index (χ0) is 17.9. The van der Waals surface area contributed by atoms with Crippen molar-refractivity contribution in [3.8, 4) is 0 Å². The minimum absolute atomic E-state index is 0.0713. The van der Waals surface area contributed by atoms with E-state index in [2.05, 4.69) is 22.4 Å². The second-order valence-corrected chi connectivity index (χ2v) is 7.48. The number of H-pyrrole nitrogens is 1. The van der Waals surface area contributed by atoms with Crippen molar-refractivity contribution in [2.75, 3.05) is 25.1 Å². The van der Waals surface area contributed by atoms with Gasteiger partial charge >= 0.3 is 0 Å². The quantitative estimate of drug-likeness (QED) is 0.687. The molecule has 0 spiro atoms. The van der Waals surface area contributed by atoms with Gasteiger partial charge < -0.3 is 19.5 Å². The first kappa shape index (κ1) is 17.5. The fourth-order valence-electron chi connectivity index (χ4n) is 3.87. The molecule has 4 rings (SSSR count). The van der Waals surface area contributed by atoms with Crippen molar-refractivity contribution < 1.29 is 9.64 Å². The fraction of sp³-hybridized carbons (Fsp3) is 0.474. The number of hydrogen-bond acceptors (Lipinski definition) is 4. The first-order valence-corrected chi connectivity index (χ1v) is 9.70. The van der Waals surface area contributed by atoms with Crippen LogP contribution in [0.25, 0.3) is 0 Å². The molecule has 3 heterocycles. The first-order chi connectivity index (χ1) is 12.7. The van der Waals surface area contributed by atoms with Crippen molar-refractivity contribution in [1.29, 1.82) is 0 Å². The molecular weight excluding hydrogens is 348 g/mol. The third kappa shape index (κ3) is 3.75. The van der Waals surface area contributed by atoms with Crippen molar-refractivity contribution >= 4 is 18.0 Å². The van der Waals surface area contributed by atoms with Gasteiger partial charge in [-0.25, -0.2) is 0 Å². The van der Waals surface area contributed by atoms with Gasteiger partial charge in [-0.05, 0) is 37.0 Å². The zero-order valence-electron chi connectivity index (χ0n) is 14.8. The number of nitrogens with one attached hydrogen (secondary N) is 3. The first-order valence-electron chi connectivity index (χ1n) is 9.29. The number of anilines is 1. The number of quaternary nitrogens is 1. The fourth-order valence-corrected chi connectivity index (χ4v) is 4.15. The largest absolute Gasteiger partial charge is 0.372 e. The highest BCUT2D eigenvalue weighted by atomic mass is 32.1. The lowest BCUT2D eigenvalue weighted by molar-refractivity contribution is -0.915. The summed E-state index contributed by atoms with van der Waals surface area (Å²) in [4.78, 5) is 16.7. The van der Waals surface area contributed by atoms with Crippen LogP contribution in [0.1, 0.15) is 24.0 Å². The smallest absolute Gasteiger partial charge is 0.262 e. The van der Waals surface area contributed by atoms with Crippen molar-refractivity contribution in [1.82, 2.24) is 9.55 Å². The molecule has 1 saturated heterocycles. The number of aromatic amines is 1. The molecule has 0 bridgehead atoms. The van der Waals surface area contributed by atoms with Gasteiger partial charge in [0.05, 0.1) is 0 Å². The van der Waals surface area contributed by atoms with E-state index >= 15 is 0 Å². The summed E-state index contributed by atoms with van der Waals surface area (Å²) in [5.74, 6) is 0.880. The Kier molecular flexibility index (Phi) is 5.19. The van der Waals surface area contributed by atoms with Crippen LogP contribution in [0, 0.1) is 4.77 Å². The summed E-state index contributed by atoms with van der Waals surface area (Å²) in [5, 5.41) is 3.46. The van der Waals surface area contributed by atoms with E-state index in [0.717, 1.165) is 57.0 Å². The van der Waals surface area contributed by atoms with E-state index in [9.17, 15) is 4.79 Å². The van der Waals surface area contributed by atoms with E-state index in [1.807, 2.05) is 22.8 Å². The van der Waals surface area contributed by atoms with Crippen molar-refractivity contribution in [3.63, 3.8) is 0 Å². The summed E-state index contributed by atoms with van der Waals surface area (Å²) >= 11 is 5.43. The number of ether oxygens (including phenoxy) is 1. The van der Waals surface area contributed by atoms with Crippen LogP contribution < -0.4 is 15.8 Å². The highest BCUT2D eigenvalue weighted by Crippen LogP contribution is 2.15. The molecule has 138 valence electrons. The van der Waals surface area contributed by atoms with Gasteiger partial charge in [0.1, 0.15) is 30.6 Å². The lowest BCUT2D eigenvalue weighted by Gasteiger charge is -2.29. The SMILES string of the molecule is O=c1[nH]c(=S)n(CCc2ccccc2)c2c1C[NH+](C[C@@H]1CCCO1)CN2. The predicted octanol–water partition coefficient (Wildman–Crippen LogP) is 1.10. The molecule has 1 unspecified atom stereocenters. The molecule has 0 amide bonds. The van der Waals surface area contributed by atoms with Crippen molar-refractivity contribution in [3.05, 3.63) is 56.6 Å². The molecule has 7 heteroatoms. The zero-order valence-corrected chi connectivity index (χ0v) is 15.6. The van der Waals surface area contributed by atoms with Crippen LogP contribution in [0.5, 0.6) is 0 Å². The lowest BCUT2D eigenvalue weighted by Crippen LogP contribution is -3.13. The van der Waals surface area contributed by atoms with Crippen LogP contribution in [0.15, 0.2) is 35.1 Å².